The van der Waals surface area contributed by atoms with Crippen molar-refractivity contribution in [1.29, 1.82) is 0 Å². The molecule has 0 saturated carbocycles. The van der Waals surface area contributed by atoms with Crippen molar-refractivity contribution in [2.24, 2.45) is 0 Å². The number of aromatic amines is 1. The van der Waals surface area contributed by atoms with Crippen molar-refractivity contribution in [3.63, 3.8) is 0 Å². The molecule has 2 rings (SSSR count). The number of hydrogen-bond donors (Lipinski definition) is 3. The first kappa shape index (κ1) is 8.55. The molecule has 0 atom stereocenters. The molecule has 0 bridgehead atoms. The minimum absolute atomic E-state index is 0.525. The summed E-state index contributed by atoms with van der Waals surface area (Å²) in [6.07, 6.45) is 5.13. The first-order valence-electron chi connectivity index (χ1n) is 4.27. The Balaban J connectivity index is 1.95. The SMILES string of the molecule is Nc1ccc(NCc2cnc[nH]2)cn1. The minimum atomic E-state index is 0.525. The number of imidazole rings is 1. The van der Waals surface area contributed by atoms with Crippen LogP contribution in [0.4, 0.5) is 11.5 Å². The number of nitrogens with two attached hydrogens (primary N) is 1. The standard InChI is InChI=1S/C9H11N5/c10-9-2-1-7(4-13-9)12-5-8-3-11-6-14-8/h1-4,6,12H,5H2,(H2,10,13)(H,11,14). The topological polar surface area (TPSA) is 79.6 Å². The van der Waals surface area contributed by atoms with Crippen LogP contribution in [-0.4, -0.2) is 15.0 Å². The Bertz CT molecular complexity index is 378. The molecule has 0 aliphatic heterocycles. The maximum atomic E-state index is 5.46. The zero-order chi connectivity index (χ0) is 9.80. The molecule has 72 valence electrons. The predicted molar refractivity (Wildman–Crippen MR) is 54.6 cm³/mol. The van der Waals surface area contributed by atoms with E-state index in [9.17, 15) is 0 Å². The second kappa shape index (κ2) is 3.78. The van der Waals surface area contributed by atoms with E-state index in [1.165, 1.54) is 0 Å². The van der Waals surface area contributed by atoms with E-state index >= 15 is 0 Å². The Labute approximate surface area is 81.4 Å². The lowest BCUT2D eigenvalue weighted by atomic mass is 10.4. The average molecular weight is 189 g/mol. The molecule has 0 aromatic carbocycles. The monoisotopic (exact) mass is 189 g/mol. The highest BCUT2D eigenvalue weighted by atomic mass is 14.9. The second-order valence-corrected chi connectivity index (χ2v) is 2.90. The van der Waals surface area contributed by atoms with E-state index in [1.807, 2.05) is 6.07 Å². The van der Waals surface area contributed by atoms with E-state index in [0.717, 1.165) is 11.4 Å². The molecule has 14 heavy (non-hydrogen) atoms. The van der Waals surface area contributed by atoms with Gasteiger partial charge in [0, 0.05) is 6.20 Å². The van der Waals surface area contributed by atoms with Gasteiger partial charge in [0.05, 0.1) is 30.5 Å². The minimum Gasteiger partial charge on any atom is -0.384 e. The lowest BCUT2D eigenvalue weighted by Crippen LogP contribution is -2.00. The normalized spacial score (nSPS) is 10.0. The summed E-state index contributed by atoms with van der Waals surface area (Å²) in [4.78, 5) is 10.9. The number of anilines is 2. The summed E-state index contributed by atoms with van der Waals surface area (Å²) in [5.41, 5.74) is 7.43. The van der Waals surface area contributed by atoms with Crippen LogP contribution in [0.5, 0.6) is 0 Å². The van der Waals surface area contributed by atoms with Gasteiger partial charge in [0.2, 0.25) is 0 Å². The number of nitrogens with one attached hydrogen (secondary N) is 2. The number of H-pyrrole nitrogens is 1. The molecule has 0 aliphatic rings. The van der Waals surface area contributed by atoms with E-state index in [1.54, 1.807) is 24.8 Å². The van der Waals surface area contributed by atoms with Gasteiger partial charge in [-0.15, -0.1) is 0 Å². The Morgan fingerprint density at radius 2 is 2.29 bits per heavy atom. The van der Waals surface area contributed by atoms with Gasteiger partial charge in [0.25, 0.3) is 0 Å². The molecule has 0 amide bonds. The fourth-order valence-electron chi connectivity index (χ4n) is 1.09. The lowest BCUT2D eigenvalue weighted by Gasteiger charge is -2.03. The summed E-state index contributed by atoms with van der Waals surface area (Å²) < 4.78 is 0. The summed E-state index contributed by atoms with van der Waals surface area (Å²) in [7, 11) is 0. The highest BCUT2D eigenvalue weighted by Gasteiger charge is 1.94. The zero-order valence-electron chi connectivity index (χ0n) is 7.57. The fraction of sp³-hybridized carbons (Fsp3) is 0.111. The van der Waals surface area contributed by atoms with Gasteiger partial charge in [-0.1, -0.05) is 0 Å². The van der Waals surface area contributed by atoms with Crippen LogP contribution >= 0.6 is 0 Å². The summed E-state index contributed by atoms with van der Waals surface area (Å²) in [5, 5.41) is 3.18. The molecule has 0 saturated heterocycles. The first-order chi connectivity index (χ1) is 6.84. The number of nitrogen functional groups attached to an aromatic ring is 1. The maximum absolute atomic E-state index is 5.46. The van der Waals surface area contributed by atoms with Crippen molar-refractivity contribution in [3.05, 3.63) is 36.5 Å². The number of aromatic nitrogens is 3. The molecule has 0 aliphatic carbocycles. The van der Waals surface area contributed by atoms with Crippen LogP contribution in [0.25, 0.3) is 0 Å². The predicted octanol–water partition coefficient (Wildman–Crippen LogP) is 0.999. The van der Waals surface area contributed by atoms with Gasteiger partial charge in [-0.25, -0.2) is 9.97 Å². The van der Waals surface area contributed by atoms with Crippen molar-refractivity contribution >= 4 is 11.5 Å². The smallest absolute Gasteiger partial charge is 0.123 e. The molecule has 5 nitrogen and oxygen atoms in total. The summed E-state index contributed by atoms with van der Waals surface area (Å²) in [5.74, 6) is 0.525. The first-order valence-corrected chi connectivity index (χ1v) is 4.27. The maximum Gasteiger partial charge on any atom is 0.123 e. The Hall–Kier alpha value is -2.04. The fourth-order valence-corrected chi connectivity index (χ4v) is 1.09. The van der Waals surface area contributed by atoms with Gasteiger partial charge in [-0.2, -0.15) is 0 Å². The van der Waals surface area contributed by atoms with Crippen LogP contribution in [-0.2, 0) is 6.54 Å². The number of pyridine rings is 1. The van der Waals surface area contributed by atoms with Crippen LogP contribution < -0.4 is 11.1 Å². The largest absolute Gasteiger partial charge is 0.384 e. The molecule has 0 radical (unpaired) electrons. The average Bonchev–Trinajstić information content (AvgIpc) is 2.70. The zero-order valence-corrected chi connectivity index (χ0v) is 7.57. The summed E-state index contributed by atoms with van der Waals surface area (Å²) >= 11 is 0. The molecule has 2 heterocycles. The van der Waals surface area contributed by atoms with Crippen molar-refractivity contribution < 1.29 is 0 Å². The number of hydrogen-bond acceptors (Lipinski definition) is 4. The Morgan fingerprint density at radius 3 is 2.93 bits per heavy atom. The number of rotatable bonds is 3. The molecule has 0 unspecified atom stereocenters. The Kier molecular flexibility index (Phi) is 2.31. The van der Waals surface area contributed by atoms with Crippen LogP contribution in [0.1, 0.15) is 5.69 Å². The molecular weight excluding hydrogens is 178 g/mol. The molecular formula is C9H11N5. The van der Waals surface area contributed by atoms with Gasteiger partial charge < -0.3 is 16.0 Å². The molecule has 5 heteroatoms. The third-order valence-electron chi connectivity index (χ3n) is 1.82. The van der Waals surface area contributed by atoms with E-state index in [-0.39, 0.29) is 0 Å². The van der Waals surface area contributed by atoms with Gasteiger partial charge in [-0.05, 0) is 12.1 Å². The van der Waals surface area contributed by atoms with Crippen molar-refractivity contribution in [1.82, 2.24) is 15.0 Å². The molecule has 0 fully saturated rings. The summed E-state index contributed by atoms with van der Waals surface area (Å²) in [6, 6.07) is 3.65. The van der Waals surface area contributed by atoms with Gasteiger partial charge >= 0.3 is 0 Å². The van der Waals surface area contributed by atoms with Gasteiger partial charge in [-0.3, -0.25) is 0 Å². The Morgan fingerprint density at radius 1 is 1.36 bits per heavy atom. The third-order valence-corrected chi connectivity index (χ3v) is 1.82. The second-order valence-electron chi connectivity index (χ2n) is 2.90. The van der Waals surface area contributed by atoms with Crippen molar-refractivity contribution in [3.8, 4) is 0 Å². The number of nitrogens with zero attached hydrogens (tertiary/aromatic N) is 2. The summed E-state index contributed by atoms with van der Waals surface area (Å²) in [6.45, 7) is 0.700. The van der Waals surface area contributed by atoms with Crippen molar-refractivity contribution in [2.45, 2.75) is 6.54 Å². The van der Waals surface area contributed by atoms with Gasteiger partial charge in [0.1, 0.15) is 5.82 Å². The van der Waals surface area contributed by atoms with Gasteiger partial charge in [0.15, 0.2) is 0 Å². The quantitative estimate of drug-likeness (QED) is 0.673. The van der Waals surface area contributed by atoms with Crippen LogP contribution in [0.3, 0.4) is 0 Å². The van der Waals surface area contributed by atoms with Crippen molar-refractivity contribution in [2.75, 3.05) is 11.1 Å². The van der Waals surface area contributed by atoms with E-state index in [4.69, 9.17) is 5.73 Å². The molecule has 0 spiro atoms. The van der Waals surface area contributed by atoms with E-state index < -0.39 is 0 Å². The molecule has 4 N–H and O–H groups in total. The molecule has 2 aromatic heterocycles. The van der Waals surface area contributed by atoms with Crippen LogP contribution in [0.15, 0.2) is 30.9 Å². The lowest BCUT2D eigenvalue weighted by molar-refractivity contribution is 1.07. The molecule has 2 aromatic rings. The highest BCUT2D eigenvalue weighted by molar-refractivity contribution is 5.45. The third kappa shape index (κ3) is 2.01. The van der Waals surface area contributed by atoms with Crippen LogP contribution in [0.2, 0.25) is 0 Å². The van der Waals surface area contributed by atoms with E-state index in [2.05, 4.69) is 20.3 Å². The van der Waals surface area contributed by atoms with E-state index in [0.29, 0.717) is 12.4 Å². The highest BCUT2D eigenvalue weighted by Crippen LogP contribution is 2.07. The van der Waals surface area contributed by atoms with Crippen LogP contribution in [0, 0.1) is 0 Å².